The molecule has 0 spiro atoms. The second-order valence-corrected chi connectivity index (χ2v) is 7.41. The van der Waals surface area contributed by atoms with Crippen LogP contribution < -0.4 is 15.5 Å². The Labute approximate surface area is 159 Å². The number of quaternary nitrogens is 1. The Bertz CT molecular complexity index is 610. The predicted molar refractivity (Wildman–Crippen MR) is 100 cm³/mol. The van der Waals surface area contributed by atoms with Gasteiger partial charge in [0.15, 0.2) is 0 Å². The maximum Gasteiger partial charge on any atom is 0.253 e. The molecule has 0 aromatic heterocycles. The Hall–Kier alpha value is -1.30. The van der Waals surface area contributed by atoms with E-state index in [-0.39, 0.29) is 23.4 Å². The molecule has 2 atom stereocenters. The molecule has 0 radical (unpaired) electrons. The van der Waals surface area contributed by atoms with Gasteiger partial charge < -0.3 is 15.5 Å². The number of benzene rings is 1. The van der Waals surface area contributed by atoms with E-state index in [4.69, 9.17) is 23.2 Å². The normalized spacial score (nSPS) is 20.1. The predicted octanol–water partition coefficient (Wildman–Crippen LogP) is 1.69. The minimum absolute atomic E-state index is 0.0647. The summed E-state index contributed by atoms with van der Waals surface area (Å²) in [4.78, 5) is 25.5. The van der Waals surface area contributed by atoms with Gasteiger partial charge >= 0.3 is 0 Å². The van der Waals surface area contributed by atoms with Crippen LogP contribution in [0.2, 0.25) is 10.0 Å². The van der Waals surface area contributed by atoms with Gasteiger partial charge in [-0.25, -0.2) is 0 Å². The molecule has 0 bridgehead atoms. The van der Waals surface area contributed by atoms with Crippen molar-refractivity contribution in [2.75, 3.05) is 26.2 Å². The maximum atomic E-state index is 12.0. The van der Waals surface area contributed by atoms with Gasteiger partial charge in [0.1, 0.15) is 0 Å². The summed E-state index contributed by atoms with van der Waals surface area (Å²) in [6.07, 6.45) is 4.87. The summed E-state index contributed by atoms with van der Waals surface area (Å²) in [7, 11) is 0. The highest BCUT2D eigenvalue weighted by atomic mass is 35.5. The fourth-order valence-corrected chi connectivity index (χ4v) is 3.65. The number of rotatable bonds is 7. The molecule has 0 saturated carbocycles. The lowest BCUT2D eigenvalue weighted by Gasteiger charge is -2.30. The van der Waals surface area contributed by atoms with E-state index in [2.05, 4.69) is 17.6 Å². The van der Waals surface area contributed by atoms with Gasteiger partial charge in [-0.05, 0) is 44.4 Å². The fraction of sp³-hybridized carbons (Fsp3) is 0.556. The number of piperidine rings is 1. The van der Waals surface area contributed by atoms with E-state index in [0.29, 0.717) is 23.2 Å². The van der Waals surface area contributed by atoms with Crippen molar-refractivity contribution in [3.8, 4) is 0 Å². The lowest BCUT2D eigenvalue weighted by atomic mass is 10.0. The largest absolute Gasteiger partial charge is 0.354 e. The molecule has 1 fully saturated rings. The number of amides is 2. The quantitative estimate of drug-likeness (QED) is 0.624. The molecule has 1 aliphatic heterocycles. The topological polar surface area (TPSA) is 62.6 Å². The van der Waals surface area contributed by atoms with Crippen molar-refractivity contribution >= 4 is 35.0 Å². The van der Waals surface area contributed by atoms with Crippen molar-refractivity contribution in [2.24, 2.45) is 0 Å². The summed E-state index contributed by atoms with van der Waals surface area (Å²) < 4.78 is 0. The number of nitrogens with one attached hydrogen (secondary N) is 3. The van der Waals surface area contributed by atoms with Crippen LogP contribution in [0.4, 0.5) is 0 Å². The number of hydrogen-bond donors (Lipinski definition) is 3. The minimum Gasteiger partial charge on any atom is -0.354 e. The molecule has 7 heteroatoms. The van der Waals surface area contributed by atoms with Crippen LogP contribution in [0.1, 0.15) is 43.0 Å². The van der Waals surface area contributed by atoms with E-state index in [9.17, 15) is 9.59 Å². The molecule has 2 rings (SSSR count). The second-order valence-electron chi connectivity index (χ2n) is 6.57. The van der Waals surface area contributed by atoms with Gasteiger partial charge in [-0.2, -0.15) is 0 Å². The zero-order valence-electron chi connectivity index (χ0n) is 14.5. The number of carbonyl (C=O) groups is 2. The Balaban J connectivity index is 1.64. The zero-order chi connectivity index (χ0) is 18.2. The Kier molecular flexibility index (Phi) is 8.00. The molecule has 1 unspecified atom stereocenters. The molecule has 1 aromatic rings. The highest BCUT2D eigenvalue weighted by molar-refractivity contribution is 6.36. The first kappa shape index (κ1) is 20.0. The molecule has 2 amide bonds. The van der Waals surface area contributed by atoms with Gasteiger partial charge in [-0.15, -0.1) is 0 Å². The summed E-state index contributed by atoms with van der Waals surface area (Å²) in [5, 5.41) is 6.15. The third-order valence-corrected chi connectivity index (χ3v) is 5.21. The highest BCUT2D eigenvalue weighted by Crippen LogP contribution is 2.20. The van der Waals surface area contributed by atoms with Crippen molar-refractivity contribution in [3.05, 3.63) is 33.8 Å². The second kappa shape index (κ2) is 10.00. The highest BCUT2D eigenvalue weighted by Gasteiger charge is 2.20. The standard InChI is InChI=1S/C18H25Cl2N3O2/c1-13-5-2-3-9-23(13)10-4-8-21-17(24)12-22-18(25)15-7-6-14(19)11-16(15)20/h6-7,11,13H,2-5,8-10,12H2,1H3,(H,21,24)(H,22,25)/p+1/t13-/m0/s1. The number of hydrogen-bond acceptors (Lipinski definition) is 2. The average Bonchev–Trinajstić information content (AvgIpc) is 2.58. The molecule has 0 aliphatic carbocycles. The van der Waals surface area contributed by atoms with Crippen LogP contribution in [0.25, 0.3) is 0 Å². The molecule has 1 saturated heterocycles. The number of halogens is 2. The van der Waals surface area contributed by atoms with Gasteiger partial charge in [-0.1, -0.05) is 23.2 Å². The fourth-order valence-electron chi connectivity index (χ4n) is 3.16. The molecule has 5 nitrogen and oxygen atoms in total. The molecule has 138 valence electrons. The van der Waals surface area contributed by atoms with Crippen LogP contribution >= 0.6 is 23.2 Å². The Morgan fingerprint density at radius 2 is 2.04 bits per heavy atom. The Morgan fingerprint density at radius 3 is 2.76 bits per heavy atom. The molecule has 1 aromatic carbocycles. The first-order valence-corrected chi connectivity index (χ1v) is 9.57. The van der Waals surface area contributed by atoms with E-state index < -0.39 is 0 Å². The third kappa shape index (κ3) is 6.49. The molecule has 3 N–H and O–H groups in total. The van der Waals surface area contributed by atoms with E-state index in [1.165, 1.54) is 31.9 Å². The molecule has 25 heavy (non-hydrogen) atoms. The summed E-state index contributed by atoms with van der Waals surface area (Å²) in [5.41, 5.74) is 0.307. The number of likely N-dealkylation sites (tertiary alicyclic amines) is 1. The average molecular weight is 387 g/mol. The minimum atomic E-state index is -0.386. The van der Waals surface area contributed by atoms with Gasteiger partial charge in [0.2, 0.25) is 5.91 Å². The van der Waals surface area contributed by atoms with Crippen molar-refractivity contribution in [1.29, 1.82) is 0 Å². The molecular weight excluding hydrogens is 361 g/mol. The van der Waals surface area contributed by atoms with E-state index in [1.54, 1.807) is 17.0 Å². The molecule has 1 heterocycles. The summed E-state index contributed by atoms with van der Waals surface area (Å²) in [6, 6.07) is 5.35. The lowest BCUT2D eigenvalue weighted by molar-refractivity contribution is -0.928. The van der Waals surface area contributed by atoms with Crippen LogP contribution in [0.5, 0.6) is 0 Å². The van der Waals surface area contributed by atoms with Crippen LogP contribution in [0, 0.1) is 0 Å². The zero-order valence-corrected chi connectivity index (χ0v) is 16.1. The van der Waals surface area contributed by atoms with Crippen molar-refractivity contribution < 1.29 is 14.5 Å². The molecule has 1 aliphatic rings. The van der Waals surface area contributed by atoms with Crippen molar-refractivity contribution in [3.63, 3.8) is 0 Å². The monoisotopic (exact) mass is 386 g/mol. The maximum absolute atomic E-state index is 12.0. The van der Waals surface area contributed by atoms with E-state index in [0.717, 1.165) is 13.0 Å². The van der Waals surface area contributed by atoms with Crippen LogP contribution in [-0.2, 0) is 4.79 Å². The lowest BCUT2D eigenvalue weighted by Crippen LogP contribution is -3.16. The Morgan fingerprint density at radius 1 is 1.24 bits per heavy atom. The molecular formula is C18H26Cl2N3O2+. The summed E-state index contributed by atoms with van der Waals surface area (Å²) in [5.74, 6) is -0.580. The first-order valence-electron chi connectivity index (χ1n) is 8.82. The smallest absolute Gasteiger partial charge is 0.253 e. The summed E-state index contributed by atoms with van der Waals surface area (Å²) in [6.45, 7) is 5.17. The van der Waals surface area contributed by atoms with E-state index >= 15 is 0 Å². The SMILES string of the molecule is C[C@H]1CCCC[NH+]1CCCNC(=O)CNC(=O)c1ccc(Cl)cc1Cl. The first-order chi connectivity index (χ1) is 12.0. The number of carbonyl (C=O) groups excluding carboxylic acids is 2. The van der Waals surface area contributed by atoms with Gasteiger partial charge in [0, 0.05) is 18.0 Å². The van der Waals surface area contributed by atoms with Crippen LogP contribution in [0.3, 0.4) is 0 Å². The van der Waals surface area contributed by atoms with Gasteiger partial charge in [-0.3, -0.25) is 9.59 Å². The van der Waals surface area contributed by atoms with Crippen LogP contribution in [0.15, 0.2) is 18.2 Å². The van der Waals surface area contributed by atoms with Gasteiger partial charge in [0.25, 0.3) is 5.91 Å². The van der Waals surface area contributed by atoms with Crippen molar-refractivity contribution in [1.82, 2.24) is 10.6 Å². The van der Waals surface area contributed by atoms with Gasteiger partial charge in [0.05, 0.1) is 36.3 Å². The van der Waals surface area contributed by atoms with Crippen LogP contribution in [-0.4, -0.2) is 44.0 Å². The summed E-state index contributed by atoms with van der Waals surface area (Å²) >= 11 is 11.8. The van der Waals surface area contributed by atoms with Crippen molar-refractivity contribution in [2.45, 2.75) is 38.6 Å². The van der Waals surface area contributed by atoms with E-state index in [1.807, 2.05) is 0 Å². The third-order valence-electron chi connectivity index (χ3n) is 4.66.